The lowest BCUT2D eigenvalue weighted by molar-refractivity contribution is 0.0337. The van der Waals surface area contributed by atoms with Crippen molar-refractivity contribution in [2.24, 2.45) is 0 Å². The average molecular weight is 257 g/mol. The van der Waals surface area contributed by atoms with Gasteiger partial charge >= 0.3 is 5.97 Å². The van der Waals surface area contributed by atoms with E-state index in [1.807, 2.05) is 37.3 Å². The zero-order valence-electron chi connectivity index (χ0n) is 10.9. The maximum Gasteiger partial charge on any atom is 0.340 e. The molecule has 1 unspecified atom stereocenters. The zero-order chi connectivity index (χ0) is 13.7. The Morgan fingerprint density at radius 2 is 1.89 bits per heavy atom. The maximum absolute atomic E-state index is 11.9. The molecule has 2 aromatic rings. The first-order valence-electron chi connectivity index (χ1n) is 5.96. The van der Waals surface area contributed by atoms with Gasteiger partial charge in [0.25, 0.3) is 0 Å². The van der Waals surface area contributed by atoms with Gasteiger partial charge in [-0.05, 0) is 18.6 Å². The highest BCUT2D eigenvalue weighted by Gasteiger charge is 2.13. The van der Waals surface area contributed by atoms with Gasteiger partial charge in [0.15, 0.2) is 0 Å². The van der Waals surface area contributed by atoms with Crippen LogP contribution in [0.25, 0.3) is 0 Å². The largest absolute Gasteiger partial charge is 0.481 e. The Hall–Kier alpha value is -2.36. The molecule has 1 aromatic carbocycles. The van der Waals surface area contributed by atoms with E-state index in [0.29, 0.717) is 11.4 Å². The van der Waals surface area contributed by atoms with Crippen LogP contribution in [0.15, 0.2) is 48.7 Å². The van der Waals surface area contributed by atoms with Crippen molar-refractivity contribution in [2.75, 3.05) is 7.11 Å². The molecule has 98 valence electrons. The lowest BCUT2D eigenvalue weighted by Gasteiger charge is -2.13. The molecule has 0 radical (unpaired) electrons. The van der Waals surface area contributed by atoms with E-state index >= 15 is 0 Å². The van der Waals surface area contributed by atoms with Crippen molar-refractivity contribution in [3.63, 3.8) is 0 Å². The molecule has 1 heterocycles. The number of nitrogens with zero attached hydrogens (tertiary/aromatic N) is 1. The fourth-order valence-electron chi connectivity index (χ4n) is 1.64. The van der Waals surface area contributed by atoms with Crippen molar-refractivity contribution in [2.45, 2.75) is 13.0 Å². The Labute approximate surface area is 112 Å². The second kappa shape index (κ2) is 6.00. The molecule has 0 amide bonds. The van der Waals surface area contributed by atoms with Gasteiger partial charge in [0.1, 0.15) is 6.10 Å². The highest BCUT2D eigenvalue weighted by atomic mass is 16.5. The summed E-state index contributed by atoms with van der Waals surface area (Å²) in [6.07, 6.45) is 1.15. The molecule has 19 heavy (non-hydrogen) atoms. The molecule has 0 saturated carbocycles. The minimum Gasteiger partial charge on any atom is -0.481 e. The van der Waals surface area contributed by atoms with Crippen LogP contribution in [0.1, 0.15) is 28.9 Å². The van der Waals surface area contributed by atoms with E-state index < -0.39 is 5.97 Å². The Morgan fingerprint density at radius 3 is 2.47 bits per heavy atom. The molecule has 1 aromatic heterocycles. The smallest absolute Gasteiger partial charge is 0.340 e. The van der Waals surface area contributed by atoms with Gasteiger partial charge in [-0.2, -0.15) is 0 Å². The van der Waals surface area contributed by atoms with E-state index in [4.69, 9.17) is 9.47 Å². The van der Waals surface area contributed by atoms with Gasteiger partial charge in [0, 0.05) is 12.3 Å². The van der Waals surface area contributed by atoms with Crippen molar-refractivity contribution in [3.8, 4) is 5.88 Å². The average Bonchev–Trinajstić information content (AvgIpc) is 2.48. The lowest BCUT2D eigenvalue weighted by Crippen LogP contribution is -2.09. The first-order valence-corrected chi connectivity index (χ1v) is 5.96. The number of rotatable bonds is 4. The fourth-order valence-corrected chi connectivity index (χ4v) is 1.64. The fraction of sp³-hybridized carbons (Fsp3) is 0.200. The number of pyridine rings is 1. The number of hydrogen-bond donors (Lipinski definition) is 0. The SMILES string of the molecule is COc1ccc(C(=O)OC(C)c2ccccc2)cn1. The molecule has 2 rings (SSSR count). The van der Waals surface area contributed by atoms with E-state index in [9.17, 15) is 4.79 Å². The number of benzene rings is 1. The molecule has 1 atom stereocenters. The third-order valence-electron chi connectivity index (χ3n) is 2.73. The third-order valence-corrected chi connectivity index (χ3v) is 2.73. The van der Waals surface area contributed by atoms with Crippen molar-refractivity contribution in [1.29, 1.82) is 0 Å². The molecule has 0 spiro atoms. The standard InChI is InChI=1S/C15H15NO3/c1-11(12-6-4-3-5-7-12)19-15(17)13-8-9-14(18-2)16-10-13/h3-11H,1-2H3. The highest BCUT2D eigenvalue weighted by molar-refractivity contribution is 5.89. The summed E-state index contributed by atoms with van der Waals surface area (Å²) < 4.78 is 10.3. The van der Waals surface area contributed by atoms with Crippen LogP contribution in [-0.2, 0) is 4.74 Å². The topological polar surface area (TPSA) is 48.4 Å². The van der Waals surface area contributed by atoms with Crippen LogP contribution in [0, 0.1) is 0 Å². The zero-order valence-corrected chi connectivity index (χ0v) is 10.9. The summed E-state index contributed by atoms with van der Waals surface area (Å²) in [6, 6.07) is 12.8. The van der Waals surface area contributed by atoms with E-state index in [-0.39, 0.29) is 6.10 Å². The summed E-state index contributed by atoms with van der Waals surface area (Å²) in [5.41, 5.74) is 1.36. The number of methoxy groups -OCH3 is 1. The molecule has 0 fully saturated rings. The minimum absolute atomic E-state index is 0.296. The number of carbonyl (C=O) groups is 1. The first-order chi connectivity index (χ1) is 9.20. The predicted octanol–water partition coefficient (Wildman–Crippen LogP) is 3.01. The maximum atomic E-state index is 11.9. The van der Waals surface area contributed by atoms with E-state index in [1.165, 1.54) is 13.3 Å². The van der Waals surface area contributed by atoms with Gasteiger partial charge in [-0.1, -0.05) is 30.3 Å². The van der Waals surface area contributed by atoms with Crippen LogP contribution in [-0.4, -0.2) is 18.1 Å². The third kappa shape index (κ3) is 3.31. The summed E-state index contributed by atoms with van der Waals surface area (Å²) in [6.45, 7) is 1.84. The lowest BCUT2D eigenvalue weighted by atomic mass is 10.1. The van der Waals surface area contributed by atoms with E-state index in [0.717, 1.165) is 5.56 Å². The van der Waals surface area contributed by atoms with Crippen molar-refractivity contribution < 1.29 is 14.3 Å². The normalized spacial score (nSPS) is 11.7. The molecule has 0 N–H and O–H groups in total. The first kappa shape index (κ1) is 13.1. The van der Waals surface area contributed by atoms with Crippen LogP contribution in [0.4, 0.5) is 0 Å². The van der Waals surface area contributed by atoms with E-state index in [1.54, 1.807) is 12.1 Å². The summed E-state index contributed by atoms with van der Waals surface area (Å²) in [5, 5.41) is 0. The van der Waals surface area contributed by atoms with Crippen LogP contribution in [0.2, 0.25) is 0 Å². The van der Waals surface area contributed by atoms with Crippen LogP contribution in [0.3, 0.4) is 0 Å². The molecular formula is C15H15NO3. The summed E-state index contributed by atoms with van der Waals surface area (Å²) >= 11 is 0. The Kier molecular flexibility index (Phi) is 4.13. The van der Waals surface area contributed by atoms with Crippen LogP contribution in [0.5, 0.6) is 5.88 Å². The number of aromatic nitrogens is 1. The van der Waals surface area contributed by atoms with Crippen molar-refractivity contribution >= 4 is 5.97 Å². The predicted molar refractivity (Wildman–Crippen MR) is 71.1 cm³/mol. The highest BCUT2D eigenvalue weighted by Crippen LogP contribution is 2.18. The summed E-state index contributed by atoms with van der Waals surface area (Å²) in [7, 11) is 1.53. The molecule has 0 aliphatic carbocycles. The summed E-state index contributed by atoms with van der Waals surface area (Å²) in [4.78, 5) is 15.9. The van der Waals surface area contributed by atoms with Gasteiger partial charge in [0.05, 0.1) is 12.7 Å². The molecule has 0 bridgehead atoms. The van der Waals surface area contributed by atoms with Gasteiger partial charge in [-0.15, -0.1) is 0 Å². The molecule has 0 aliphatic heterocycles. The monoisotopic (exact) mass is 257 g/mol. The van der Waals surface area contributed by atoms with Crippen molar-refractivity contribution in [3.05, 3.63) is 59.8 Å². The second-order valence-electron chi connectivity index (χ2n) is 4.05. The molecular weight excluding hydrogens is 242 g/mol. The van der Waals surface area contributed by atoms with Gasteiger partial charge in [-0.3, -0.25) is 0 Å². The Bertz CT molecular complexity index is 537. The van der Waals surface area contributed by atoms with Gasteiger partial charge in [0.2, 0.25) is 5.88 Å². The Balaban J connectivity index is 2.04. The second-order valence-corrected chi connectivity index (χ2v) is 4.05. The minimum atomic E-state index is -0.397. The Morgan fingerprint density at radius 1 is 1.16 bits per heavy atom. The number of hydrogen-bond acceptors (Lipinski definition) is 4. The molecule has 4 nitrogen and oxygen atoms in total. The van der Waals surface area contributed by atoms with E-state index in [2.05, 4.69) is 4.98 Å². The van der Waals surface area contributed by atoms with Crippen molar-refractivity contribution in [1.82, 2.24) is 4.98 Å². The number of esters is 1. The molecule has 4 heteroatoms. The van der Waals surface area contributed by atoms with Gasteiger partial charge < -0.3 is 9.47 Å². The van der Waals surface area contributed by atoms with Crippen LogP contribution < -0.4 is 4.74 Å². The van der Waals surface area contributed by atoms with Crippen LogP contribution >= 0.6 is 0 Å². The number of ether oxygens (including phenoxy) is 2. The number of carbonyl (C=O) groups excluding carboxylic acids is 1. The van der Waals surface area contributed by atoms with Gasteiger partial charge in [-0.25, -0.2) is 9.78 Å². The summed E-state index contributed by atoms with van der Waals surface area (Å²) in [5.74, 6) is 0.0687. The molecule has 0 saturated heterocycles. The quantitative estimate of drug-likeness (QED) is 0.790. The molecule has 0 aliphatic rings.